The molecule has 30 heavy (non-hydrogen) atoms. The number of amides is 3. The number of benzene rings is 2. The summed E-state index contributed by atoms with van der Waals surface area (Å²) in [5, 5.41) is 6.35. The fraction of sp³-hybridized carbons (Fsp3) is 0.200. The molecule has 1 aromatic heterocycles. The van der Waals surface area contributed by atoms with E-state index in [2.05, 4.69) is 15.6 Å². The summed E-state index contributed by atoms with van der Waals surface area (Å²) < 4.78 is 1.05. The smallest absolute Gasteiger partial charge is 0.253 e. The zero-order valence-corrected chi connectivity index (χ0v) is 18.3. The van der Waals surface area contributed by atoms with E-state index in [0.717, 1.165) is 15.2 Å². The number of carbonyl (C=O) groups is 3. The van der Waals surface area contributed by atoms with Gasteiger partial charge in [0.1, 0.15) is 5.01 Å². The van der Waals surface area contributed by atoms with Gasteiger partial charge in [-0.1, -0.05) is 35.3 Å². The Morgan fingerprint density at radius 3 is 2.57 bits per heavy atom. The molecule has 0 bridgehead atoms. The van der Waals surface area contributed by atoms with Crippen molar-refractivity contribution in [3.63, 3.8) is 0 Å². The minimum atomic E-state index is -0.508. The molecule has 0 aliphatic carbocycles. The second-order valence-corrected chi connectivity index (χ2v) is 8.37. The summed E-state index contributed by atoms with van der Waals surface area (Å²) in [5.74, 6) is -1.27. The number of halogens is 2. The van der Waals surface area contributed by atoms with Crippen LogP contribution in [0.5, 0.6) is 0 Å². The van der Waals surface area contributed by atoms with Gasteiger partial charge in [-0.05, 0) is 30.3 Å². The number of rotatable bonds is 7. The van der Waals surface area contributed by atoms with Gasteiger partial charge in [0, 0.05) is 12.1 Å². The molecule has 3 rings (SSSR count). The first-order valence-corrected chi connectivity index (χ1v) is 10.5. The van der Waals surface area contributed by atoms with Crippen LogP contribution in [-0.2, 0) is 16.1 Å². The maximum absolute atomic E-state index is 12.3. The highest BCUT2D eigenvalue weighted by molar-refractivity contribution is 7.18. The molecule has 0 aliphatic rings. The van der Waals surface area contributed by atoms with Crippen LogP contribution < -0.4 is 10.6 Å². The SMILES string of the molecule is CN(Cc1nc2ccccc2s1)C(=O)CNC(=O)CNC(=O)c1ccc(Cl)cc1Cl. The Hall–Kier alpha value is -2.68. The first-order valence-electron chi connectivity index (χ1n) is 8.92. The summed E-state index contributed by atoms with van der Waals surface area (Å²) in [6.45, 7) is -0.121. The van der Waals surface area contributed by atoms with Crippen molar-refractivity contribution in [2.24, 2.45) is 0 Å². The highest BCUT2D eigenvalue weighted by atomic mass is 35.5. The zero-order valence-electron chi connectivity index (χ0n) is 15.9. The van der Waals surface area contributed by atoms with Crippen molar-refractivity contribution >= 4 is 62.5 Å². The number of hydrogen-bond acceptors (Lipinski definition) is 5. The van der Waals surface area contributed by atoms with Gasteiger partial charge in [-0.25, -0.2) is 4.98 Å². The van der Waals surface area contributed by atoms with Crippen molar-refractivity contribution in [2.45, 2.75) is 6.54 Å². The molecule has 0 fully saturated rings. The molecule has 2 N–H and O–H groups in total. The lowest BCUT2D eigenvalue weighted by Gasteiger charge is -2.16. The number of aromatic nitrogens is 1. The fourth-order valence-corrected chi connectivity index (χ4v) is 4.09. The van der Waals surface area contributed by atoms with Crippen LogP contribution >= 0.6 is 34.5 Å². The molecule has 0 atom stereocenters. The monoisotopic (exact) mass is 464 g/mol. The number of fused-ring (bicyclic) bond motifs is 1. The summed E-state index contributed by atoms with van der Waals surface area (Å²) >= 11 is 13.3. The number of likely N-dealkylation sites (N-methyl/N-ethyl adjacent to an activating group) is 1. The average molecular weight is 465 g/mol. The quantitative estimate of drug-likeness (QED) is 0.561. The summed E-state index contributed by atoms with van der Waals surface area (Å²) in [7, 11) is 1.64. The van der Waals surface area contributed by atoms with Crippen LogP contribution in [0.1, 0.15) is 15.4 Å². The van der Waals surface area contributed by atoms with Gasteiger partial charge in [0.2, 0.25) is 11.8 Å². The van der Waals surface area contributed by atoms with Crippen LogP contribution in [0, 0.1) is 0 Å². The molecular formula is C20H18Cl2N4O3S. The largest absolute Gasteiger partial charge is 0.345 e. The van der Waals surface area contributed by atoms with Crippen LogP contribution in [0.15, 0.2) is 42.5 Å². The third kappa shape index (κ3) is 5.69. The maximum atomic E-state index is 12.3. The summed E-state index contributed by atoms with van der Waals surface area (Å²) in [5.41, 5.74) is 1.10. The van der Waals surface area contributed by atoms with Crippen LogP contribution in [-0.4, -0.2) is 47.7 Å². The molecule has 0 radical (unpaired) electrons. The van der Waals surface area contributed by atoms with Crippen LogP contribution in [0.2, 0.25) is 10.0 Å². The van der Waals surface area contributed by atoms with E-state index >= 15 is 0 Å². The van der Waals surface area contributed by atoms with Crippen molar-refractivity contribution in [3.05, 3.63) is 63.1 Å². The Bertz CT molecular complexity index is 1070. The van der Waals surface area contributed by atoms with E-state index < -0.39 is 11.8 Å². The molecule has 156 valence electrons. The minimum absolute atomic E-state index is 0.183. The molecule has 2 aromatic carbocycles. The minimum Gasteiger partial charge on any atom is -0.345 e. The van der Waals surface area contributed by atoms with Gasteiger partial charge in [0.05, 0.1) is 40.4 Å². The lowest BCUT2D eigenvalue weighted by atomic mass is 10.2. The normalized spacial score (nSPS) is 10.6. The Labute approximate surface area is 187 Å². The molecule has 3 aromatic rings. The molecule has 0 unspecified atom stereocenters. The van der Waals surface area contributed by atoms with Gasteiger partial charge in [-0.2, -0.15) is 0 Å². The van der Waals surface area contributed by atoms with Crippen LogP contribution in [0.4, 0.5) is 0 Å². The number of para-hydroxylation sites is 1. The predicted molar refractivity (Wildman–Crippen MR) is 118 cm³/mol. The molecular weight excluding hydrogens is 447 g/mol. The second kappa shape index (κ2) is 9.88. The van der Waals surface area contributed by atoms with Crippen molar-refractivity contribution in [1.29, 1.82) is 0 Å². The van der Waals surface area contributed by atoms with E-state index in [9.17, 15) is 14.4 Å². The van der Waals surface area contributed by atoms with E-state index in [0.29, 0.717) is 11.6 Å². The third-order valence-corrected chi connectivity index (χ3v) is 5.73. The summed E-state index contributed by atoms with van der Waals surface area (Å²) in [6, 6.07) is 12.2. The van der Waals surface area contributed by atoms with Gasteiger partial charge in [-0.15, -0.1) is 11.3 Å². The van der Waals surface area contributed by atoms with Crippen LogP contribution in [0.25, 0.3) is 10.2 Å². The second-order valence-electron chi connectivity index (χ2n) is 6.41. The molecule has 0 spiro atoms. The van der Waals surface area contributed by atoms with Crippen molar-refractivity contribution in [1.82, 2.24) is 20.5 Å². The standard InChI is InChI=1S/C20H18Cl2N4O3S/c1-26(11-18-25-15-4-2-3-5-16(15)30-18)19(28)10-23-17(27)9-24-20(29)13-7-6-12(21)8-14(13)22/h2-8H,9-11H2,1H3,(H,23,27)(H,24,29). The highest BCUT2D eigenvalue weighted by Crippen LogP contribution is 2.22. The summed E-state index contributed by atoms with van der Waals surface area (Å²) in [6.07, 6.45) is 0. The van der Waals surface area contributed by atoms with Gasteiger partial charge in [0.25, 0.3) is 5.91 Å². The summed E-state index contributed by atoms with van der Waals surface area (Å²) in [4.78, 5) is 42.3. The maximum Gasteiger partial charge on any atom is 0.253 e. The van der Waals surface area contributed by atoms with Gasteiger partial charge < -0.3 is 15.5 Å². The zero-order chi connectivity index (χ0) is 21.7. The number of hydrogen-bond donors (Lipinski definition) is 2. The average Bonchev–Trinajstić information content (AvgIpc) is 3.12. The highest BCUT2D eigenvalue weighted by Gasteiger charge is 2.15. The Morgan fingerprint density at radius 1 is 1.07 bits per heavy atom. The molecule has 10 heteroatoms. The Morgan fingerprint density at radius 2 is 1.83 bits per heavy atom. The Balaban J connectivity index is 1.44. The van der Waals surface area contributed by atoms with Gasteiger partial charge in [0.15, 0.2) is 0 Å². The third-order valence-electron chi connectivity index (χ3n) is 4.16. The van der Waals surface area contributed by atoms with Crippen LogP contribution in [0.3, 0.4) is 0 Å². The first kappa shape index (κ1) is 22.0. The number of carbonyl (C=O) groups excluding carboxylic acids is 3. The molecule has 0 saturated carbocycles. The van der Waals surface area contributed by atoms with Crippen molar-refractivity contribution in [2.75, 3.05) is 20.1 Å². The molecule has 0 aliphatic heterocycles. The number of thiazole rings is 1. The van der Waals surface area contributed by atoms with Gasteiger partial charge >= 0.3 is 0 Å². The van der Waals surface area contributed by atoms with E-state index in [1.54, 1.807) is 7.05 Å². The molecule has 3 amide bonds. The van der Waals surface area contributed by atoms with Gasteiger partial charge in [-0.3, -0.25) is 14.4 Å². The predicted octanol–water partition coefficient (Wildman–Crippen LogP) is 3.11. The number of nitrogens with one attached hydrogen (secondary N) is 2. The van der Waals surface area contributed by atoms with E-state index in [-0.39, 0.29) is 29.6 Å². The topological polar surface area (TPSA) is 91.4 Å². The fourth-order valence-electron chi connectivity index (χ4n) is 2.58. The van der Waals surface area contributed by atoms with E-state index in [1.165, 1.54) is 34.4 Å². The molecule has 7 nitrogen and oxygen atoms in total. The van der Waals surface area contributed by atoms with E-state index in [1.807, 2.05) is 24.3 Å². The Kier molecular flexibility index (Phi) is 7.25. The lowest BCUT2D eigenvalue weighted by molar-refractivity contribution is -0.132. The van der Waals surface area contributed by atoms with Crippen molar-refractivity contribution in [3.8, 4) is 0 Å². The number of nitrogens with zero attached hydrogens (tertiary/aromatic N) is 2. The lowest BCUT2D eigenvalue weighted by Crippen LogP contribution is -2.42. The molecule has 1 heterocycles. The molecule has 0 saturated heterocycles. The van der Waals surface area contributed by atoms with Crippen molar-refractivity contribution < 1.29 is 14.4 Å². The first-order chi connectivity index (χ1) is 14.3. The van der Waals surface area contributed by atoms with E-state index in [4.69, 9.17) is 23.2 Å².